The minimum atomic E-state index is -0.310. The van der Waals surface area contributed by atoms with Crippen LogP contribution in [0.3, 0.4) is 0 Å². The van der Waals surface area contributed by atoms with Gasteiger partial charge in [0.25, 0.3) is 0 Å². The van der Waals surface area contributed by atoms with Gasteiger partial charge >= 0.3 is 0 Å². The highest BCUT2D eigenvalue weighted by atomic mass is 32.2. The van der Waals surface area contributed by atoms with Gasteiger partial charge in [0.1, 0.15) is 6.04 Å². The zero-order valence-electron chi connectivity index (χ0n) is 14.2. The third kappa shape index (κ3) is 2.75. The molecular formula is C16H24N4O2S. The number of aryl methyl sites for hydroxylation is 2. The molecule has 0 bridgehead atoms. The third-order valence-electron chi connectivity index (χ3n) is 5.01. The van der Waals surface area contributed by atoms with E-state index in [2.05, 4.69) is 12.0 Å². The van der Waals surface area contributed by atoms with Crippen LogP contribution in [0.5, 0.6) is 0 Å². The first-order chi connectivity index (χ1) is 10.9. The second-order valence-corrected chi connectivity index (χ2v) is 7.40. The monoisotopic (exact) mass is 336 g/mol. The summed E-state index contributed by atoms with van der Waals surface area (Å²) < 4.78 is 1.89. The van der Waals surface area contributed by atoms with Gasteiger partial charge in [-0.15, -0.1) is 11.8 Å². The smallest absolute Gasteiger partial charge is 0.246 e. The zero-order chi connectivity index (χ0) is 16.7. The van der Waals surface area contributed by atoms with Crippen molar-refractivity contribution < 1.29 is 9.59 Å². The van der Waals surface area contributed by atoms with Crippen molar-refractivity contribution in [1.82, 2.24) is 19.6 Å². The van der Waals surface area contributed by atoms with Crippen LogP contribution in [-0.4, -0.2) is 55.6 Å². The molecule has 3 rings (SSSR count). The fourth-order valence-corrected chi connectivity index (χ4v) is 4.96. The van der Waals surface area contributed by atoms with Crippen molar-refractivity contribution >= 4 is 23.6 Å². The topological polar surface area (TPSA) is 58.4 Å². The summed E-state index contributed by atoms with van der Waals surface area (Å²) in [6, 6.07) is -0.217. The molecule has 0 spiro atoms. The summed E-state index contributed by atoms with van der Waals surface area (Å²) >= 11 is 1.65. The normalized spacial score (nSPS) is 24.5. The van der Waals surface area contributed by atoms with E-state index in [4.69, 9.17) is 0 Å². The predicted molar refractivity (Wildman–Crippen MR) is 90.0 cm³/mol. The van der Waals surface area contributed by atoms with Gasteiger partial charge in [-0.25, -0.2) is 0 Å². The molecule has 0 unspecified atom stereocenters. The van der Waals surface area contributed by atoms with Gasteiger partial charge in [0.15, 0.2) is 0 Å². The van der Waals surface area contributed by atoms with E-state index in [0.29, 0.717) is 11.6 Å². The lowest BCUT2D eigenvalue weighted by Gasteiger charge is -2.31. The molecule has 2 amide bonds. The molecule has 2 saturated heterocycles. The lowest BCUT2D eigenvalue weighted by atomic mass is 10.0. The maximum Gasteiger partial charge on any atom is 0.246 e. The Morgan fingerprint density at radius 1 is 1.26 bits per heavy atom. The van der Waals surface area contributed by atoms with Crippen LogP contribution in [0, 0.1) is 13.8 Å². The Labute approximate surface area is 141 Å². The molecule has 23 heavy (non-hydrogen) atoms. The number of rotatable bonds is 2. The number of likely N-dealkylation sites (tertiary alicyclic amines) is 1. The van der Waals surface area contributed by atoms with Gasteiger partial charge in [-0.1, -0.05) is 0 Å². The number of nitrogens with zero attached hydrogens (tertiary/aromatic N) is 4. The Bertz CT molecular complexity index is 642. The molecule has 0 radical (unpaired) electrons. The van der Waals surface area contributed by atoms with Crippen LogP contribution < -0.4 is 0 Å². The van der Waals surface area contributed by atoms with Crippen molar-refractivity contribution in [2.24, 2.45) is 7.05 Å². The van der Waals surface area contributed by atoms with Gasteiger partial charge in [0.05, 0.1) is 17.6 Å². The zero-order valence-corrected chi connectivity index (χ0v) is 15.0. The molecule has 6 nitrogen and oxygen atoms in total. The largest absolute Gasteiger partial charge is 0.334 e. The summed E-state index contributed by atoms with van der Waals surface area (Å²) in [4.78, 5) is 28.5. The van der Waals surface area contributed by atoms with Crippen molar-refractivity contribution in [3.05, 3.63) is 17.0 Å². The molecule has 2 aliphatic heterocycles. The summed E-state index contributed by atoms with van der Waals surface area (Å²) in [5.74, 6) is 1.40. The summed E-state index contributed by atoms with van der Waals surface area (Å²) in [5, 5.41) is 4.50. The molecule has 0 aromatic carbocycles. The van der Waals surface area contributed by atoms with Crippen LogP contribution in [0.15, 0.2) is 0 Å². The van der Waals surface area contributed by atoms with E-state index < -0.39 is 0 Å². The average Bonchev–Trinajstić information content (AvgIpc) is 3.19. The van der Waals surface area contributed by atoms with Gasteiger partial charge in [-0.3, -0.25) is 14.3 Å². The molecule has 0 saturated carbocycles. The maximum absolute atomic E-state index is 13.1. The van der Waals surface area contributed by atoms with Crippen LogP contribution >= 0.6 is 11.8 Å². The number of carbonyl (C=O) groups excluding carboxylic acids is 2. The summed E-state index contributed by atoms with van der Waals surface area (Å²) in [6.07, 6.45) is 1.98. The molecule has 2 aliphatic rings. The van der Waals surface area contributed by atoms with E-state index in [-0.39, 0.29) is 23.9 Å². The summed E-state index contributed by atoms with van der Waals surface area (Å²) in [5.41, 5.74) is 3.30. The van der Waals surface area contributed by atoms with Gasteiger partial charge in [0, 0.05) is 37.5 Å². The first kappa shape index (κ1) is 16.4. The first-order valence-electron chi connectivity index (χ1n) is 8.07. The summed E-state index contributed by atoms with van der Waals surface area (Å²) in [7, 11) is 1.94. The van der Waals surface area contributed by atoms with E-state index in [1.807, 2.05) is 23.6 Å². The van der Waals surface area contributed by atoms with E-state index >= 15 is 0 Å². The highest BCUT2D eigenvalue weighted by molar-refractivity contribution is 7.99. The Morgan fingerprint density at radius 2 is 2.00 bits per heavy atom. The maximum atomic E-state index is 13.1. The molecule has 7 heteroatoms. The number of hydrogen-bond donors (Lipinski definition) is 0. The van der Waals surface area contributed by atoms with E-state index in [0.717, 1.165) is 30.8 Å². The minimum absolute atomic E-state index is 0.0159. The van der Waals surface area contributed by atoms with Gasteiger partial charge < -0.3 is 9.80 Å². The quantitative estimate of drug-likeness (QED) is 0.823. The number of amides is 2. The van der Waals surface area contributed by atoms with Crippen LogP contribution in [0.4, 0.5) is 0 Å². The van der Waals surface area contributed by atoms with Crippen LogP contribution in [0.1, 0.15) is 42.8 Å². The van der Waals surface area contributed by atoms with E-state index in [1.54, 1.807) is 23.6 Å². The lowest BCUT2D eigenvalue weighted by molar-refractivity contribution is -0.143. The predicted octanol–water partition coefficient (Wildman–Crippen LogP) is 1.62. The Morgan fingerprint density at radius 3 is 2.61 bits per heavy atom. The van der Waals surface area contributed by atoms with Crippen molar-refractivity contribution in [3.8, 4) is 0 Å². The van der Waals surface area contributed by atoms with E-state index in [1.165, 1.54) is 5.56 Å². The third-order valence-corrected chi connectivity index (χ3v) is 6.02. The number of carbonyl (C=O) groups is 2. The fraction of sp³-hybridized carbons (Fsp3) is 0.688. The Balaban J connectivity index is 1.87. The van der Waals surface area contributed by atoms with Crippen molar-refractivity contribution in [2.75, 3.05) is 18.2 Å². The lowest BCUT2D eigenvalue weighted by Crippen LogP contribution is -2.48. The molecule has 0 N–H and O–H groups in total. The van der Waals surface area contributed by atoms with Crippen molar-refractivity contribution in [3.63, 3.8) is 0 Å². The Kier molecular flexibility index (Phi) is 4.40. The number of thioether (sulfide) groups is 1. The SMILES string of the molecule is CC(=O)N1CSC[C@H]1C(=O)N1CCC[C@@H]1c1c(C)nn(C)c1C. The highest BCUT2D eigenvalue weighted by Crippen LogP contribution is 2.37. The van der Waals surface area contributed by atoms with Crippen LogP contribution in [-0.2, 0) is 16.6 Å². The Hall–Kier alpha value is -1.50. The first-order valence-corrected chi connectivity index (χ1v) is 9.22. The van der Waals surface area contributed by atoms with Crippen LogP contribution in [0.25, 0.3) is 0 Å². The summed E-state index contributed by atoms with van der Waals surface area (Å²) in [6.45, 7) is 6.38. The average molecular weight is 336 g/mol. The molecular weight excluding hydrogens is 312 g/mol. The van der Waals surface area contributed by atoms with Gasteiger partial charge in [0.2, 0.25) is 11.8 Å². The molecule has 3 heterocycles. The van der Waals surface area contributed by atoms with Crippen molar-refractivity contribution in [2.45, 2.75) is 45.7 Å². The molecule has 0 aliphatic carbocycles. The standard InChI is InChI=1S/C16H24N4O2S/c1-10-15(11(2)18(4)17-10)13-6-5-7-19(13)16(22)14-8-23-9-20(14)12(3)21/h13-14H,5-9H2,1-4H3/t13-,14+/m1/s1. The van der Waals surface area contributed by atoms with Gasteiger partial charge in [-0.2, -0.15) is 5.10 Å². The second-order valence-electron chi connectivity index (χ2n) is 6.40. The van der Waals surface area contributed by atoms with Crippen molar-refractivity contribution in [1.29, 1.82) is 0 Å². The molecule has 2 atom stereocenters. The number of aromatic nitrogens is 2. The second kappa shape index (κ2) is 6.19. The van der Waals surface area contributed by atoms with Gasteiger partial charge in [-0.05, 0) is 26.7 Å². The molecule has 1 aromatic rings. The van der Waals surface area contributed by atoms with Crippen LogP contribution in [0.2, 0.25) is 0 Å². The minimum Gasteiger partial charge on any atom is -0.334 e. The molecule has 2 fully saturated rings. The molecule has 126 valence electrons. The molecule has 1 aromatic heterocycles. The fourth-order valence-electron chi connectivity index (χ4n) is 3.75. The number of hydrogen-bond acceptors (Lipinski definition) is 4. The highest BCUT2D eigenvalue weighted by Gasteiger charge is 2.41. The van der Waals surface area contributed by atoms with E-state index in [9.17, 15) is 9.59 Å².